The van der Waals surface area contributed by atoms with Gasteiger partial charge in [0, 0.05) is 25.0 Å². The van der Waals surface area contributed by atoms with Crippen molar-refractivity contribution >= 4 is 15.9 Å². The first-order valence-corrected chi connectivity index (χ1v) is 10.1. The van der Waals surface area contributed by atoms with Gasteiger partial charge in [-0.05, 0) is 38.3 Å². The molecule has 1 fully saturated rings. The Balaban J connectivity index is 2.07. The van der Waals surface area contributed by atoms with Gasteiger partial charge in [-0.1, -0.05) is 38.0 Å². The summed E-state index contributed by atoms with van der Waals surface area (Å²) in [5.41, 5.74) is 1.04. The topological polar surface area (TPSA) is 66.5 Å². The molecule has 0 bridgehead atoms. The maximum Gasteiger partial charge on any atom is 0.243 e. The Hall–Kier alpha value is -1.40. The van der Waals surface area contributed by atoms with Crippen LogP contribution in [0, 0.1) is 12.8 Å². The molecule has 134 valence electrons. The van der Waals surface area contributed by atoms with Gasteiger partial charge in [-0.3, -0.25) is 4.79 Å². The average Bonchev–Trinajstić information content (AvgIpc) is 2.55. The van der Waals surface area contributed by atoms with E-state index in [1.165, 1.54) is 0 Å². The van der Waals surface area contributed by atoms with Crippen LogP contribution >= 0.6 is 0 Å². The van der Waals surface area contributed by atoms with Gasteiger partial charge in [-0.15, -0.1) is 0 Å². The van der Waals surface area contributed by atoms with E-state index in [-0.39, 0.29) is 17.9 Å². The minimum Gasteiger partial charge on any atom is -0.356 e. The fourth-order valence-corrected chi connectivity index (χ4v) is 4.71. The molecule has 1 heterocycles. The molecule has 1 N–H and O–H groups in total. The van der Waals surface area contributed by atoms with E-state index in [4.69, 9.17) is 0 Å². The van der Waals surface area contributed by atoms with Crippen molar-refractivity contribution in [2.75, 3.05) is 13.1 Å². The van der Waals surface area contributed by atoms with Gasteiger partial charge in [0.2, 0.25) is 15.9 Å². The van der Waals surface area contributed by atoms with Crippen molar-refractivity contribution < 1.29 is 13.2 Å². The predicted octanol–water partition coefficient (Wildman–Crippen LogP) is 2.70. The molecular weight excluding hydrogens is 324 g/mol. The van der Waals surface area contributed by atoms with E-state index in [2.05, 4.69) is 5.32 Å². The van der Waals surface area contributed by atoms with Gasteiger partial charge in [0.15, 0.2) is 0 Å². The standard InChI is InChI=1S/C18H28N2O3S/c1-14(2)18(21)19-12-11-16-6-4-5-13-20(16)24(22,23)17-9-7-15(3)8-10-17/h7-10,14,16H,4-6,11-13H2,1-3H3,(H,19,21). The molecule has 2 rings (SSSR count). The molecule has 1 aliphatic heterocycles. The molecule has 1 atom stereocenters. The minimum atomic E-state index is -3.47. The SMILES string of the molecule is Cc1ccc(S(=O)(=O)N2CCCCC2CCNC(=O)C(C)C)cc1. The summed E-state index contributed by atoms with van der Waals surface area (Å²) in [6, 6.07) is 6.97. The number of amides is 1. The van der Waals surface area contributed by atoms with Crippen LogP contribution in [0.1, 0.15) is 45.1 Å². The number of benzene rings is 1. The monoisotopic (exact) mass is 352 g/mol. The smallest absolute Gasteiger partial charge is 0.243 e. The van der Waals surface area contributed by atoms with Gasteiger partial charge in [-0.25, -0.2) is 8.42 Å². The maximum atomic E-state index is 13.0. The predicted molar refractivity (Wildman–Crippen MR) is 95.2 cm³/mol. The second-order valence-electron chi connectivity index (χ2n) is 6.81. The molecule has 0 aromatic heterocycles. The lowest BCUT2D eigenvalue weighted by Crippen LogP contribution is -2.45. The Morgan fingerprint density at radius 2 is 1.92 bits per heavy atom. The highest BCUT2D eigenvalue weighted by Gasteiger charge is 2.33. The summed E-state index contributed by atoms with van der Waals surface area (Å²) in [6.07, 6.45) is 3.43. The molecule has 6 heteroatoms. The fourth-order valence-electron chi connectivity index (χ4n) is 2.99. The number of nitrogens with zero attached hydrogens (tertiary/aromatic N) is 1. The minimum absolute atomic E-state index is 0.0127. The van der Waals surface area contributed by atoms with Crippen LogP contribution in [0.3, 0.4) is 0 Å². The van der Waals surface area contributed by atoms with Crippen molar-refractivity contribution in [3.8, 4) is 0 Å². The second kappa shape index (κ2) is 8.12. The molecule has 5 nitrogen and oxygen atoms in total. The molecule has 1 unspecified atom stereocenters. The van der Waals surface area contributed by atoms with Crippen LogP contribution < -0.4 is 5.32 Å². The molecule has 24 heavy (non-hydrogen) atoms. The first-order chi connectivity index (χ1) is 11.3. The zero-order valence-electron chi connectivity index (χ0n) is 14.8. The summed E-state index contributed by atoms with van der Waals surface area (Å²) in [4.78, 5) is 12.0. The van der Waals surface area contributed by atoms with Gasteiger partial charge >= 0.3 is 0 Å². The van der Waals surface area contributed by atoms with Crippen LogP contribution in [0.4, 0.5) is 0 Å². The highest BCUT2D eigenvalue weighted by molar-refractivity contribution is 7.89. The number of hydrogen-bond donors (Lipinski definition) is 1. The third-order valence-corrected chi connectivity index (χ3v) is 6.47. The van der Waals surface area contributed by atoms with Crippen LogP contribution in [0.25, 0.3) is 0 Å². The number of hydrogen-bond acceptors (Lipinski definition) is 3. The van der Waals surface area contributed by atoms with Gasteiger partial charge < -0.3 is 5.32 Å². The van der Waals surface area contributed by atoms with Gasteiger partial charge in [-0.2, -0.15) is 4.31 Å². The summed E-state index contributed by atoms with van der Waals surface area (Å²) in [5.74, 6) is -0.0394. The molecule has 0 saturated carbocycles. The Kier molecular flexibility index (Phi) is 6.40. The molecule has 1 amide bonds. The molecule has 0 aliphatic carbocycles. The van der Waals surface area contributed by atoms with Gasteiger partial charge in [0.1, 0.15) is 0 Å². The molecule has 1 aromatic carbocycles. The summed E-state index contributed by atoms with van der Waals surface area (Å²) in [6.45, 7) is 6.71. The molecular formula is C18H28N2O3S. The van der Waals surface area contributed by atoms with E-state index in [1.807, 2.05) is 32.9 Å². The van der Waals surface area contributed by atoms with Crippen LogP contribution in [-0.2, 0) is 14.8 Å². The molecule has 0 radical (unpaired) electrons. The normalized spacial score (nSPS) is 19.4. The summed E-state index contributed by atoms with van der Waals surface area (Å²) < 4.78 is 27.5. The van der Waals surface area contributed by atoms with Crippen molar-refractivity contribution in [3.05, 3.63) is 29.8 Å². The Bertz CT molecular complexity index is 653. The van der Waals surface area contributed by atoms with E-state index in [0.29, 0.717) is 24.4 Å². The number of aryl methyl sites for hydroxylation is 1. The van der Waals surface area contributed by atoms with Crippen LogP contribution in [0.5, 0.6) is 0 Å². The molecule has 1 aliphatic rings. The van der Waals surface area contributed by atoms with Crippen molar-refractivity contribution in [3.63, 3.8) is 0 Å². The Labute approximate surface area is 145 Å². The zero-order valence-corrected chi connectivity index (χ0v) is 15.6. The zero-order chi connectivity index (χ0) is 17.7. The van der Waals surface area contributed by atoms with E-state index >= 15 is 0 Å². The largest absolute Gasteiger partial charge is 0.356 e. The van der Waals surface area contributed by atoms with Crippen molar-refractivity contribution in [1.82, 2.24) is 9.62 Å². The highest BCUT2D eigenvalue weighted by Crippen LogP contribution is 2.27. The highest BCUT2D eigenvalue weighted by atomic mass is 32.2. The average molecular weight is 353 g/mol. The third-order valence-electron chi connectivity index (χ3n) is 4.50. The van der Waals surface area contributed by atoms with Crippen molar-refractivity contribution in [1.29, 1.82) is 0 Å². The third kappa shape index (κ3) is 4.57. The lowest BCUT2D eigenvalue weighted by molar-refractivity contribution is -0.124. The van der Waals surface area contributed by atoms with Crippen molar-refractivity contribution in [2.24, 2.45) is 5.92 Å². The van der Waals surface area contributed by atoms with Gasteiger partial charge in [0.05, 0.1) is 4.90 Å². The first kappa shape index (κ1) is 18.9. The maximum absolute atomic E-state index is 13.0. The number of piperidine rings is 1. The second-order valence-corrected chi connectivity index (χ2v) is 8.70. The lowest BCUT2D eigenvalue weighted by Gasteiger charge is -2.34. The van der Waals surface area contributed by atoms with E-state index in [9.17, 15) is 13.2 Å². The number of nitrogens with one attached hydrogen (secondary N) is 1. The Morgan fingerprint density at radius 1 is 1.25 bits per heavy atom. The number of carbonyl (C=O) groups is 1. The number of sulfonamides is 1. The Morgan fingerprint density at radius 3 is 2.54 bits per heavy atom. The van der Waals surface area contributed by atoms with Crippen LogP contribution in [0.2, 0.25) is 0 Å². The van der Waals surface area contributed by atoms with E-state index in [0.717, 1.165) is 24.8 Å². The first-order valence-electron chi connectivity index (χ1n) is 8.68. The molecule has 0 spiro atoms. The molecule has 1 saturated heterocycles. The number of carbonyl (C=O) groups excluding carboxylic acids is 1. The van der Waals surface area contributed by atoms with Crippen LogP contribution in [-0.4, -0.2) is 37.8 Å². The quantitative estimate of drug-likeness (QED) is 0.856. The van der Waals surface area contributed by atoms with Gasteiger partial charge in [0.25, 0.3) is 0 Å². The molecule has 1 aromatic rings. The van der Waals surface area contributed by atoms with Crippen LogP contribution in [0.15, 0.2) is 29.2 Å². The summed E-state index contributed by atoms with van der Waals surface area (Å²) >= 11 is 0. The van der Waals surface area contributed by atoms with E-state index in [1.54, 1.807) is 16.4 Å². The summed E-state index contributed by atoms with van der Waals surface area (Å²) in [7, 11) is -3.47. The lowest BCUT2D eigenvalue weighted by atomic mass is 10.0. The fraction of sp³-hybridized carbons (Fsp3) is 0.611. The number of rotatable bonds is 6. The van der Waals surface area contributed by atoms with Crippen molar-refractivity contribution in [2.45, 2.75) is 57.4 Å². The van der Waals surface area contributed by atoms with E-state index < -0.39 is 10.0 Å². The summed E-state index contributed by atoms with van der Waals surface area (Å²) in [5, 5.41) is 2.89.